The molecule has 3 heteroatoms. The molecule has 1 aliphatic rings. The van der Waals surface area contributed by atoms with Gasteiger partial charge in [-0.1, -0.05) is 33.6 Å². The standard InChI is InChI=1S/C15H29NO2/c1-4-6-13-7-9-14(10-8-13)16(5-2)11-12(3)15(17)18/h12-14H,4-11H2,1-3H3,(H,17,18). The van der Waals surface area contributed by atoms with Crippen molar-refractivity contribution in [3.8, 4) is 0 Å². The maximum Gasteiger partial charge on any atom is 0.307 e. The topological polar surface area (TPSA) is 40.5 Å². The van der Waals surface area contributed by atoms with Gasteiger partial charge in [-0.3, -0.25) is 9.69 Å². The summed E-state index contributed by atoms with van der Waals surface area (Å²) in [4.78, 5) is 13.3. The summed E-state index contributed by atoms with van der Waals surface area (Å²) < 4.78 is 0. The number of carboxylic acid groups (broad SMARTS) is 1. The minimum Gasteiger partial charge on any atom is -0.481 e. The molecule has 1 rings (SSSR count). The molecule has 0 aromatic carbocycles. The molecule has 1 fully saturated rings. The highest BCUT2D eigenvalue weighted by atomic mass is 16.4. The highest BCUT2D eigenvalue weighted by Crippen LogP contribution is 2.30. The minimum atomic E-state index is -0.673. The highest BCUT2D eigenvalue weighted by Gasteiger charge is 2.26. The van der Waals surface area contributed by atoms with Gasteiger partial charge < -0.3 is 5.11 Å². The van der Waals surface area contributed by atoms with Crippen molar-refractivity contribution in [2.75, 3.05) is 13.1 Å². The number of rotatable bonds is 7. The second-order valence-corrected chi connectivity index (χ2v) is 5.79. The summed E-state index contributed by atoms with van der Waals surface area (Å²) in [5.74, 6) is -0.00622. The van der Waals surface area contributed by atoms with E-state index in [1.807, 2.05) is 6.92 Å². The summed E-state index contributed by atoms with van der Waals surface area (Å²) in [6.07, 6.45) is 7.83. The average Bonchev–Trinajstić information content (AvgIpc) is 2.37. The van der Waals surface area contributed by atoms with E-state index < -0.39 is 5.97 Å². The fourth-order valence-corrected chi connectivity index (χ4v) is 3.17. The van der Waals surface area contributed by atoms with Crippen molar-refractivity contribution in [1.29, 1.82) is 0 Å². The number of carbonyl (C=O) groups is 1. The number of carboxylic acids is 1. The first-order valence-corrected chi connectivity index (χ1v) is 7.55. The van der Waals surface area contributed by atoms with E-state index in [1.165, 1.54) is 38.5 Å². The van der Waals surface area contributed by atoms with Gasteiger partial charge >= 0.3 is 5.97 Å². The lowest BCUT2D eigenvalue weighted by Crippen LogP contribution is -2.41. The molecule has 1 unspecified atom stereocenters. The molecular weight excluding hydrogens is 226 g/mol. The van der Waals surface area contributed by atoms with Crippen LogP contribution in [0.5, 0.6) is 0 Å². The Balaban J connectivity index is 2.40. The highest BCUT2D eigenvalue weighted by molar-refractivity contribution is 5.69. The van der Waals surface area contributed by atoms with Crippen molar-refractivity contribution in [2.24, 2.45) is 11.8 Å². The molecule has 1 saturated carbocycles. The van der Waals surface area contributed by atoms with Crippen LogP contribution in [0.1, 0.15) is 59.3 Å². The molecule has 0 radical (unpaired) electrons. The van der Waals surface area contributed by atoms with Gasteiger partial charge in [0, 0.05) is 12.6 Å². The Morgan fingerprint density at radius 1 is 1.28 bits per heavy atom. The number of hydrogen-bond acceptors (Lipinski definition) is 2. The molecule has 3 nitrogen and oxygen atoms in total. The molecule has 0 bridgehead atoms. The number of nitrogens with zero attached hydrogens (tertiary/aromatic N) is 1. The fraction of sp³-hybridized carbons (Fsp3) is 0.933. The van der Waals surface area contributed by atoms with Crippen molar-refractivity contribution >= 4 is 5.97 Å². The van der Waals surface area contributed by atoms with Crippen molar-refractivity contribution in [3.63, 3.8) is 0 Å². The molecule has 1 atom stereocenters. The number of aliphatic carboxylic acids is 1. The molecule has 0 amide bonds. The smallest absolute Gasteiger partial charge is 0.307 e. The summed E-state index contributed by atoms with van der Waals surface area (Å²) in [6.45, 7) is 7.90. The summed E-state index contributed by atoms with van der Waals surface area (Å²) in [7, 11) is 0. The van der Waals surface area contributed by atoms with Gasteiger partial charge in [-0.2, -0.15) is 0 Å². The maximum absolute atomic E-state index is 10.9. The first kappa shape index (κ1) is 15.5. The van der Waals surface area contributed by atoms with Gasteiger partial charge in [0.1, 0.15) is 0 Å². The Morgan fingerprint density at radius 2 is 1.89 bits per heavy atom. The first-order valence-electron chi connectivity index (χ1n) is 7.55. The Bertz CT molecular complexity index is 247. The molecule has 1 N–H and O–H groups in total. The van der Waals surface area contributed by atoms with E-state index in [0.29, 0.717) is 12.6 Å². The fourth-order valence-electron chi connectivity index (χ4n) is 3.17. The lowest BCUT2D eigenvalue weighted by molar-refractivity contribution is -0.142. The summed E-state index contributed by atoms with van der Waals surface area (Å²) in [5, 5.41) is 9.01. The van der Waals surface area contributed by atoms with Crippen LogP contribution in [0.25, 0.3) is 0 Å². The Morgan fingerprint density at radius 3 is 2.33 bits per heavy atom. The zero-order chi connectivity index (χ0) is 13.5. The second-order valence-electron chi connectivity index (χ2n) is 5.79. The van der Waals surface area contributed by atoms with Crippen LogP contribution in [-0.4, -0.2) is 35.1 Å². The minimum absolute atomic E-state index is 0.252. The van der Waals surface area contributed by atoms with Gasteiger partial charge in [0.25, 0.3) is 0 Å². The van der Waals surface area contributed by atoms with E-state index in [2.05, 4.69) is 18.7 Å². The van der Waals surface area contributed by atoms with E-state index >= 15 is 0 Å². The predicted molar refractivity (Wildman–Crippen MR) is 74.7 cm³/mol. The van der Waals surface area contributed by atoms with E-state index in [-0.39, 0.29) is 5.92 Å². The first-order chi connectivity index (χ1) is 8.58. The molecule has 18 heavy (non-hydrogen) atoms. The van der Waals surface area contributed by atoms with E-state index in [1.54, 1.807) is 0 Å². The van der Waals surface area contributed by atoms with Crippen LogP contribution in [0.3, 0.4) is 0 Å². The van der Waals surface area contributed by atoms with Gasteiger partial charge in [-0.15, -0.1) is 0 Å². The van der Waals surface area contributed by atoms with E-state index in [0.717, 1.165) is 12.5 Å². The Hall–Kier alpha value is -0.570. The third-order valence-electron chi connectivity index (χ3n) is 4.37. The van der Waals surface area contributed by atoms with Crippen LogP contribution in [0.15, 0.2) is 0 Å². The van der Waals surface area contributed by atoms with Gasteiger partial charge in [-0.25, -0.2) is 0 Å². The molecule has 0 heterocycles. The third kappa shape index (κ3) is 4.60. The molecule has 106 valence electrons. The van der Waals surface area contributed by atoms with Gasteiger partial charge in [-0.05, 0) is 38.1 Å². The molecule has 0 spiro atoms. The quantitative estimate of drug-likeness (QED) is 0.758. The van der Waals surface area contributed by atoms with Crippen molar-refractivity contribution in [2.45, 2.75) is 65.3 Å². The van der Waals surface area contributed by atoms with Gasteiger partial charge in [0.15, 0.2) is 0 Å². The molecule has 0 saturated heterocycles. The Labute approximate surface area is 112 Å². The molecule has 0 aromatic rings. The molecular formula is C15H29NO2. The summed E-state index contributed by atoms with van der Waals surface area (Å²) in [6, 6.07) is 0.616. The van der Waals surface area contributed by atoms with Crippen molar-refractivity contribution < 1.29 is 9.90 Å². The van der Waals surface area contributed by atoms with Crippen LogP contribution in [-0.2, 0) is 4.79 Å². The maximum atomic E-state index is 10.9. The van der Waals surface area contributed by atoms with E-state index in [9.17, 15) is 4.79 Å². The van der Waals surface area contributed by atoms with Crippen molar-refractivity contribution in [3.05, 3.63) is 0 Å². The van der Waals surface area contributed by atoms with Gasteiger partial charge in [0.2, 0.25) is 0 Å². The molecule has 0 aromatic heterocycles. The molecule has 0 aliphatic heterocycles. The normalized spacial score (nSPS) is 26.2. The van der Waals surface area contributed by atoms with Crippen LogP contribution >= 0.6 is 0 Å². The average molecular weight is 255 g/mol. The largest absolute Gasteiger partial charge is 0.481 e. The second kappa shape index (κ2) is 7.78. The van der Waals surface area contributed by atoms with Crippen LogP contribution in [0.4, 0.5) is 0 Å². The SMILES string of the molecule is CCCC1CCC(N(CC)CC(C)C(=O)O)CC1. The van der Waals surface area contributed by atoms with Crippen LogP contribution in [0.2, 0.25) is 0 Å². The lowest BCUT2D eigenvalue weighted by atomic mass is 9.83. The van der Waals surface area contributed by atoms with E-state index in [4.69, 9.17) is 5.11 Å². The van der Waals surface area contributed by atoms with Crippen molar-refractivity contribution in [1.82, 2.24) is 4.90 Å². The van der Waals surface area contributed by atoms with Crippen LogP contribution in [0, 0.1) is 11.8 Å². The zero-order valence-electron chi connectivity index (χ0n) is 12.2. The van der Waals surface area contributed by atoms with Gasteiger partial charge in [0.05, 0.1) is 5.92 Å². The monoisotopic (exact) mass is 255 g/mol. The summed E-state index contributed by atoms with van der Waals surface area (Å²) >= 11 is 0. The zero-order valence-corrected chi connectivity index (χ0v) is 12.2. The number of hydrogen-bond donors (Lipinski definition) is 1. The predicted octanol–water partition coefficient (Wildman–Crippen LogP) is 3.39. The molecule has 1 aliphatic carbocycles. The third-order valence-corrected chi connectivity index (χ3v) is 4.37. The summed E-state index contributed by atoms with van der Waals surface area (Å²) in [5.41, 5.74) is 0. The lowest BCUT2D eigenvalue weighted by Gasteiger charge is -2.37. The Kier molecular flexibility index (Phi) is 6.69. The van der Waals surface area contributed by atoms with Crippen LogP contribution < -0.4 is 0 Å².